The van der Waals surface area contributed by atoms with Crippen LogP contribution in [0.15, 0.2) is 34.4 Å². The molecule has 2 heterocycles. The average Bonchev–Trinajstić information content (AvgIpc) is 2.95. The van der Waals surface area contributed by atoms with E-state index in [2.05, 4.69) is 10.1 Å². The van der Waals surface area contributed by atoms with Crippen LogP contribution in [-0.2, 0) is 9.84 Å². The zero-order valence-corrected chi connectivity index (χ0v) is 15.2. The summed E-state index contributed by atoms with van der Waals surface area (Å²) in [5, 5.41) is 13.2. The average molecular weight is 409 g/mol. The topological polar surface area (TPSA) is 91.6 Å². The number of alkyl halides is 3. The summed E-state index contributed by atoms with van der Waals surface area (Å²) in [4.78, 5) is 3.35. The summed E-state index contributed by atoms with van der Waals surface area (Å²) in [6.07, 6.45) is -5.47. The van der Waals surface area contributed by atoms with Gasteiger partial charge in [0, 0.05) is 18.2 Å². The van der Waals surface area contributed by atoms with Gasteiger partial charge in [-0.3, -0.25) is 0 Å². The molecule has 12 heteroatoms. The Hall–Kier alpha value is -1.79. The van der Waals surface area contributed by atoms with Gasteiger partial charge in [0.15, 0.2) is 20.4 Å². The summed E-state index contributed by atoms with van der Waals surface area (Å²) in [5.74, 6) is 0.577. The Kier molecular flexibility index (Phi) is 4.48. The maximum absolute atomic E-state index is 13.2. The molecule has 1 aromatic carbocycles. The minimum atomic E-state index is -5.11. The maximum atomic E-state index is 13.2. The fraction of sp³-hybridized carbons (Fsp3) is 0.429. The first-order chi connectivity index (χ1) is 11.9. The zero-order valence-electron chi connectivity index (χ0n) is 13.6. The highest BCUT2D eigenvalue weighted by Gasteiger charge is 2.60. The molecule has 2 atom stereocenters. The van der Waals surface area contributed by atoms with Crippen LogP contribution in [0.2, 0.25) is 0 Å². The van der Waals surface area contributed by atoms with Crippen molar-refractivity contribution < 1.29 is 31.4 Å². The molecule has 1 aromatic rings. The highest BCUT2D eigenvalue weighted by molar-refractivity contribution is 8.27. The van der Waals surface area contributed by atoms with Crippen LogP contribution < -0.4 is 4.74 Å². The number of sulfone groups is 1. The van der Waals surface area contributed by atoms with Crippen LogP contribution >= 0.6 is 11.8 Å². The van der Waals surface area contributed by atoms with E-state index < -0.39 is 33.5 Å². The summed E-state index contributed by atoms with van der Waals surface area (Å²) >= 11 is 0.760. The minimum absolute atomic E-state index is 0.270. The van der Waals surface area contributed by atoms with Gasteiger partial charge in [0.1, 0.15) is 10.8 Å². The van der Waals surface area contributed by atoms with Crippen LogP contribution in [0, 0.1) is 0 Å². The number of rotatable bonds is 3. The van der Waals surface area contributed by atoms with Crippen LogP contribution in [0.1, 0.15) is 12.0 Å². The quantitative estimate of drug-likeness (QED) is 0.819. The number of amidine groups is 1. The largest absolute Gasteiger partial charge is 0.497 e. The van der Waals surface area contributed by atoms with Crippen LogP contribution in [-0.4, -0.2) is 59.4 Å². The molecule has 26 heavy (non-hydrogen) atoms. The van der Waals surface area contributed by atoms with E-state index in [4.69, 9.17) is 4.74 Å². The third-order valence-corrected chi connectivity index (χ3v) is 6.21. The summed E-state index contributed by atoms with van der Waals surface area (Å²) in [7, 11) is -2.50. The summed E-state index contributed by atoms with van der Waals surface area (Å²) in [6.45, 7) is 0. The van der Waals surface area contributed by atoms with Crippen LogP contribution in [0.5, 0.6) is 5.75 Å². The summed E-state index contributed by atoms with van der Waals surface area (Å²) in [5.41, 5.74) is -2.93. The smallest absolute Gasteiger partial charge is 0.438 e. The van der Waals surface area contributed by atoms with E-state index in [9.17, 15) is 26.7 Å². The number of halogens is 3. The number of methoxy groups -OCH3 is 1. The monoisotopic (exact) mass is 409 g/mol. The number of aliphatic imine (C=N–C) groups is 1. The minimum Gasteiger partial charge on any atom is -0.497 e. The van der Waals surface area contributed by atoms with Gasteiger partial charge >= 0.3 is 6.18 Å². The number of thioether (sulfide) groups is 1. The molecule has 0 fully saturated rings. The molecule has 0 saturated carbocycles. The molecule has 1 N–H and O–H groups in total. The van der Waals surface area contributed by atoms with Gasteiger partial charge in [-0.05, 0) is 36.0 Å². The SMILES string of the molecule is COc1ccc(C2=NN3C(=N[C@](O)(C(F)(F)F)C[C@H]3S(C)(=O)=O)S2)cc1. The van der Waals surface area contributed by atoms with Gasteiger partial charge < -0.3 is 9.84 Å². The van der Waals surface area contributed by atoms with Crippen molar-refractivity contribution in [3.8, 4) is 5.75 Å². The van der Waals surface area contributed by atoms with Gasteiger partial charge in [-0.2, -0.15) is 18.3 Å². The number of hydrogen-bond acceptors (Lipinski definition) is 8. The van der Waals surface area contributed by atoms with E-state index >= 15 is 0 Å². The fourth-order valence-corrected chi connectivity index (χ4v) is 4.58. The third-order valence-electron chi connectivity index (χ3n) is 3.88. The second-order valence-electron chi connectivity index (χ2n) is 5.78. The molecule has 0 bridgehead atoms. The molecule has 0 radical (unpaired) electrons. The van der Waals surface area contributed by atoms with E-state index in [1.165, 1.54) is 7.11 Å². The number of fused-ring (bicyclic) bond motifs is 1. The van der Waals surface area contributed by atoms with Crippen molar-refractivity contribution in [3.63, 3.8) is 0 Å². The van der Waals surface area contributed by atoms with E-state index in [0.29, 0.717) is 11.3 Å². The van der Waals surface area contributed by atoms with Gasteiger partial charge in [-0.25, -0.2) is 18.4 Å². The lowest BCUT2D eigenvalue weighted by Gasteiger charge is -2.37. The molecule has 3 rings (SSSR count). The van der Waals surface area contributed by atoms with Gasteiger partial charge in [-0.1, -0.05) is 0 Å². The van der Waals surface area contributed by atoms with E-state index in [1.807, 2.05) is 0 Å². The highest BCUT2D eigenvalue weighted by Crippen LogP contribution is 2.44. The molecule has 142 valence electrons. The number of benzene rings is 1. The lowest BCUT2D eigenvalue weighted by Crippen LogP contribution is -2.55. The lowest BCUT2D eigenvalue weighted by molar-refractivity contribution is -0.262. The molecule has 0 unspecified atom stereocenters. The maximum Gasteiger partial charge on any atom is 0.438 e. The predicted octanol–water partition coefficient (Wildman–Crippen LogP) is 1.79. The molecule has 0 aromatic heterocycles. The first-order valence-corrected chi connectivity index (χ1v) is 10.00. The Bertz CT molecular complexity index is 884. The number of ether oxygens (including phenoxy) is 1. The van der Waals surface area contributed by atoms with Crippen molar-refractivity contribution in [2.75, 3.05) is 13.4 Å². The van der Waals surface area contributed by atoms with E-state index in [-0.39, 0.29) is 10.2 Å². The Labute approximate surface area is 151 Å². The summed E-state index contributed by atoms with van der Waals surface area (Å²) < 4.78 is 68.7. The fourth-order valence-electron chi connectivity index (χ4n) is 2.45. The summed E-state index contributed by atoms with van der Waals surface area (Å²) in [6, 6.07) is 6.54. The number of hydrogen-bond donors (Lipinski definition) is 1. The third kappa shape index (κ3) is 3.28. The van der Waals surface area contributed by atoms with Crippen molar-refractivity contribution in [2.45, 2.75) is 23.7 Å². The Balaban J connectivity index is 2.03. The molecular formula is C14H14F3N3O4S2. The molecule has 2 aliphatic heterocycles. The Morgan fingerprint density at radius 2 is 1.96 bits per heavy atom. The highest BCUT2D eigenvalue weighted by atomic mass is 32.2. The van der Waals surface area contributed by atoms with Gasteiger partial charge in [0.25, 0.3) is 5.72 Å². The van der Waals surface area contributed by atoms with E-state index in [0.717, 1.165) is 23.0 Å². The molecule has 7 nitrogen and oxygen atoms in total. The second kappa shape index (κ2) is 6.13. The molecular weight excluding hydrogens is 395 g/mol. The van der Waals surface area contributed by atoms with Crippen molar-refractivity contribution in [3.05, 3.63) is 29.8 Å². The predicted molar refractivity (Wildman–Crippen MR) is 90.6 cm³/mol. The van der Waals surface area contributed by atoms with Crippen LogP contribution in [0.25, 0.3) is 0 Å². The zero-order chi connectivity index (χ0) is 19.3. The molecule has 0 saturated heterocycles. The van der Waals surface area contributed by atoms with Gasteiger partial charge in [0.05, 0.1) is 7.11 Å². The molecule has 0 aliphatic carbocycles. The van der Waals surface area contributed by atoms with Crippen molar-refractivity contribution >= 4 is 31.8 Å². The molecule has 0 amide bonds. The first-order valence-electron chi connectivity index (χ1n) is 7.22. The van der Waals surface area contributed by atoms with Crippen molar-refractivity contribution in [2.24, 2.45) is 10.1 Å². The standard InChI is InChI=1S/C14H14F3N3O4S2/c1-24-9-5-3-8(4-6-9)11-19-20-10(26(2,22)23)7-13(21,14(15,16)17)18-12(20)25-11/h3-6,10,21H,7H2,1-2H3/t10-,13-/m1/s1. The number of hydrazone groups is 1. The first kappa shape index (κ1) is 19.0. The van der Waals surface area contributed by atoms with Gasteiger partial charge in [0.2, 0.25) is 0 Å². The van der Waals surface area contributed by atoms with Crippen molar-refractivity contribution in [1.82, 2.24) is 5.01 Å². The van der Waals surface area contributed by atoms with Crippen LogP contribution in [0.4, 0.5) is 13.2 Å². The number of nitrogens with zero attached hydrogens (tertiary/aromatic N) is 3. The Morgan fingerprint density at radius 3 is 2.46 bits per heavy atom. The van der Waals surface area contributed by atoms with E-state index in [1.54, 1.807) is 24.3 Å². The normalized spacial score (nSPS) is 26.2. The van der Waals surface area contributed by atoms with Gasteiger partial charge in [-0.15, -0.1) is 0 Å². The lowest BCUT2D eigenvalue weighted by atomic mass is 10.1. The second-order valence-corrected chi connectivity index (χ2v) is 8.94. The van der Waals surface area contributed by atoms with Crippen LogP contribution in [0.3, 0.4) is 0 Å². The Morgan fingerprint density at radius 1 is 1.35 bits per heavy atom. The van der Waals surface area contributed by atoms with Crippen molar-refractivity contribution in [1.29, 1.82) is 0 Å². The molecule has 2 aliphatic rings. The molecule has 0 spiro atoms. The number of aliphatic hydroxyl groups is 1.